The van der Waals surface area contributed by atoms with Crippen molar-refractivity contribution in [3.05, 3.63) is 48.2 Å². The van der Waals surface area contributed by atoms with Crippen LogP contribution in [-0.2, 0) is 0 Å². The summed E-state index contributed by atoms with van der Waals surface area (Å²) in [6, 6.07) is 12.1. The first-order valence-electron chi connectivity index (χ1n) is 6.57. The Morgan fingerprint density at radius 3 is 2.25 bits per heavy atom. The predicted molar refractivity (Wildman–Crippen MR) is 78.5 cm³/mol. The minimum atomic E-state index is 0.231. The fourth-order valence-corrected chi connectivity index (χ4v) is 2.44. The highest BCUT2D eigenvalue weighted by molar-refractivity contribution is 5.84. The average Bonchev–Trinajstić information content (AvgIpc) is 2.78. The van der Waals surface area contributed by atoms with E-state index in [1.165, 1.54) is 0 Å². The van der Waals surface area contributed by atoms with Gasteiger partial charge in [0.25, 0.3) is 0 Å². The summed E-state index contributed by atoms with van der Waals surface area (Å²) in [5.74, 6) is 0.731. The normalized spacial score (nSPS) is 11.3. The van der Waals surface area contributed by atoms with E-state index in [0.29, 0.717) is 0 Å². The van der Waals surface area contributed by atoms with Crippen molar-refractivity contribution in [2.24, 2.45) is 0 Å². The van der Waals surface area contributed by atoms with Crippen LogP contribution in [0.4, 0.5) is 0 Å². The van der Waals surface area contributed by atoms with Crippen LogP contribution in [0.25, 0.3) is 16.6 Å². The quantitative estimate of drug-likeness (QED) is 0.747. The smallest absolute Gasteiger partial charge is 0.116 e. The van der Waals surface area contributed by atoms with E-state index >= 15 is 0 Å². The standard InChI is InChI=1S/C16H16N2O2/c1-10(2)16-14-9-13(20)7-8-15(14)17-18(16)11-3-5-12(19)6-4-11/h3-10,19-20H,1-2H3. The molecule has 0 aliphatic rings. The van der Waals surface area contributed by atoms with Crippen molar-refractivity contribution in [1.29, 1.82) is 0 Å². The van der Waals surface area contributed by atoms with Crippen molar-refractivity contribution in [3.8, 4) is 17.2 Å². The molecule has 0 aliphatic carbocycles. The predicted octanol–water partition coefficient (Wildman–Crippen LogP) is 3.56. The number of hydrogen-bond acceptors (Lipinski definition) is 3. The van der Waals surface area contributed by atoms with Gasteiger partial charge < -0.3 is 10.2 Å². The van der Waals surface area contributed by atoms with Gasteiger partial charge in [-0.05, 0) is 48.4 Å². The molecule has 0 saturated carbocycles. The minimum absolute atomic E-state index is 0.231. The van der Waals surface area contributed by atoms with E-state index in [1.807, 2.05) is 22.9 Å². The minimum Gasteiger partial charge on any atom is -0.508 e. The summed E-state index contributed by atoms with van der Waals surface area (Å²) in [6.07, 6.45) is 0. The number of nitrogens with zero attached hydrogens (tertiary/aromatic N) is 2. The van der Waals surface area contributed by atoms with Crippen molar-refractivity contribution >= 4 is 10.9 Å². The second-order valence-corrected chi connectivity index (χ2v) is 5.17. The zero-order valence-corrected chi connectivity index (χ0v) is 11.4. The Morgan fingerprint density at radius 1 is 0.950 bits per heavy atom. The van der Waals surface area contributed by atoms with E-state index in [0.717, 1.165) is 22.3 Å². The summed E-state index contributed by atoms with van der Waals surface area (Å²) >= 11 is 0. The Bertz CT molecular complexity index is 758. The molecule has 0 spiro atoms. The number of aromatic hydroxyl groups is 2. The summed E-state index contributed by atoms with van der Waals surface area (Å²) in [5.41, 5.74) is 2.78. The molecule has 0 atom stereocenters. The first-order chi connectivity index (χ1) is 9.56. The fraction of sp³-hybridized carbons (Fsp3) is 0.188. The lowest BCUT2D eigenvalue weighted by Gasteiger charge is -2.10. The van der Waals surface area contributed by atoms with Gasteiger partial charge in [-0.2, -0.15) is 5.10 Å². The van der Waals surface area contributed by atoms with Gasteiger partial charge in [-0.1, -0.05) is 13.8 Å². The molecule has 4 nitrogen and oxygen atoms in total. The number of benzene rings is 2. The van der Waals surface area contributed by atoms with Gasteiger partial charge in [0.2, 0.25) is 0 Å². The molecule has 0 radical (unpaired) electrons. The van der Waals surface area contributed by atoms with Crippen LogP contribution in [0.2, 0.25) is 0 Å². The van der Waals surface area contributed by atoms with Gasteiger partial charge in [0.05, 0.1) is 16.9 Å². The first-order valence-corrected chi connectivity index (χ1v) is 6.57. The highest BCUT2D eigenvalue weighted by Gasteiger charge is 2.16. The number of aromatic nitrogens is 2. The molecule has 102 valence electrons. The van der Waals surface area contributed by atoms with Crippen molar-refractivity contribution in [2.75, 3.05) is 0 Å². The van der Waals surface area contributed by atoms with Crippen LogP contribution < -0.4 is 0 Å². The maximum absolute atomic E-state index is 9.68. The Labute approximate surface area is 116 Å². The Kier molecular flexibility index (Phi) is 2.86. The molecule has 4 heteroatoms. The zero-order valence-electron chi connectivity index (χ0n) is 11.4. The number of phenolic OH excluding ortho intramolecular Hbond substituents is 2. The number of phenols is 2. The molecular weight excluding hydrogens is 252 g/mol. The maximum atomic E-state index is 9.68. The maximum Gasteiger partial charge on any atom is 0.116 e. The molecule has 20 heavy (non-hydrogen) atoms. The highest BCUT2D eigenvalue weighted by Crippen LogP contribution is 2.30. The third-order valence-corrected chi connectivity index (χ3v) is 3.33. The molecule has 0 saturated heterocycles. The van der Waals surface area contributed by atoms with Crippen LogP contribution in [0.1, 0.15) is 25.5 Å². The lowest BCUT2D eigenvalue weighted by Crippen LogP contribution is -2.03. The van der Waals surface area contributed by atoms with Crippen LogP contribution in [-0.4, -0.2) is 20.0 Å². The largest absolute Gasteiger partial charge is 0.508 e. The summed E-state index contributed by atoms with van der Waals surface area (Å²) in [4.78, 5) is 0. The topological polar surface area (TPSA) is 58.3 Å². The van der Waals surface area contributed by atoms with E-state index in [4.69, 9.17) is 0 Å². The average molecular weight is 268 g/mol. The van der Waals surface area contributed by atoms with E-state index < -0.39 is 0 Å². The molecule has 3 rings (SSSR count). The molecule has 2 aromatic carbocycles. The van der Waals surface area contributed by atoms with Gasteiger partial charge in [-0.15, -0.1) is 0 Å². The molecule has 2 N–H and O–H groups in total. The molecular formula is C16H16N2O2. The SMILES string of the molecule is CC(C)c1c2cc(O)ccc2nn1-c1ccc(O)cc1. The van der Waals surface area contributed by atoms with E-state index in [2.05, 4.69) is 18.9 Å². The first kappa shape index (κ1) is 12.5. The molecule has 0 fully saturated rings. The van der Waals surface area contributed by atoms with Crippen molar-refractivity contribution in [3.63, 3.8) is 0 Å². The highest BCUT2D eigenvalue weighted by atomic mass is 16.3. The van der Waals surface area contributed by atoms with E-state index in [1.54, 1.807) is 24.3 Å². The van der Waals surface area contributed by atoms with Gasteiger partial charge >= 0.3 is 0 Å². The molecule has 1 aromatic heterocycles. The number of fused-ring (bicyclic) bond motifs is 1. The second kappa shape index (κ2) is 4.56. The van der Waals surface area contributed by atoms with Crippen molar-refractivity contribution in [2.45, 2.75) is 19.8 Å². The Balaban J connectivity index is 2.29. The summed E-state index contributed by atoms with van der Waals surface area (Å²) in [7, 11) is 0. The number of hydrogen-bond donors (Lipinski definition) is 2. The summed E-state index contributed by atoms with van der Waals surface area (Å²) in [5, 5.41) is 24.6. The van der Waals surface area contributed by atoms with Gasteiger partial charge in [-0.25, -0.2) is 4.68 Å². The van der Waals surface area contributed by atoms with Gasteiger partial charge in [0.15, 0.2) is 0 Å². The third-order valence-electron chi connectivity index (χ3n) is 3.33. The molecule has 0 amide bonds. The fourth-order valence-electron chi connectivity index (χ4n) is 2.44. The zero-order chi connectivity index (χ0) is 14.3. The van der Waals surface area contributed by atoms with Crippen molar-refractivity contribution < 1.29 is 10.2 Å². The van der Waals surface area contributed by atoms with Crippen LogP contribution in [0.5, 0.6) is 11.5 Å². The molecule has 0 unspecified atom stereocenters. The Hall–Kier alpha value is -2.49. The second-order valence-electron chi connectivity index (χ2n) is 5.17. The molecule has 0 aliphatic heterocycles. The van der Waals surface area contributed by atoms with Gasteiger partial charge in [0, 0.05) is 5.39 Å². The van der Waals surface area contributed by atoms with Gasteiger partial charge in [-0.3, -0.25) is 0 Å². The van der Waals surface area contributed by atoms with Crippen LogP contribution in [0.15, 0.2) is 42.5 Å². The van der Waals surface area contributed by atoms with E-state index in [-0.39, 0.29) is 17.4 Å². The molecule has 3 aromatic rings. The van der Waals surface area contributed by atoms with Crippen LogP contribution in [0, 0.1) is 0 Å². The number of rotatable bonds is 2. The molecule has 0 bridgehead atoms. The van der Waals surface area contributed by atoms with Crippen LogP contribution >= 0.6 is 0 Å². The summed E-state index contributed by atoms with van der Waals surface area (Å²) < 4.78 is 1.87. The lowest BCUT2D eigenvalue weighted by atomic mass is 10.1. The lowest BCUT2D eigenvalue weighted by molar-refractivity contribution is 0.475. The third kappa shape index (κ3) is 1.99. The Morgan fingerprint density at radius 2 is 1.60 bits per heavy atom. The van der Waals surface area contributed by atoms with Crippen molar-refractivity contribution in [1.82, 2.24) is 9.78 Å². The monoisotopic (exact) mass is 268 g/mol. The van der Waals surface area contributed by atoms with Gasteiger partial charge in [0.1, 0.15) is 11.5 Å². The molecule has 1 heterocycles. The van der Waals surface area contributed by atoms with E-state index in [9.17, 15) is 10.2 Å². The van der Waals surface area contributed by atoms with Crippen LogP contribution in [0.3, 0.4) is 0 Å². The summed E-state index contributed by atoms with van der Waals surface area (Å²) in [6.45, 7) is 4.19.